The molecule has 3 heterocycles. The number of nitrogens with one attached hydrogen (secondary N) is 2. The summed E-state index contributed by atoms with van der Waals surface area (Å²) in [6, 6.07) is 5.14. The van der Waals surface area contributed by atoms with E-state index in [4.69, 9.17) is 9.26 Å². The lowest BCUT2D eigenvalue weighted by Crippen LogP contribution is -2.19. The second-order valence-corrected chi connectivity index (χ2v) is 5.22. The van der Waals surface area contributed by atoms with E-state index in [9.17, 15) is 4.79 Å². The summed E-state index contributed by atoms with van der Waals surface area (Å²) in [5.41, 5.74) is 1.19. The highest BCUT2D eigenvalue weighted by Crippen LogP contribution is 2.14. The zero-order valence-corrected chi connectivity index (χ0v) is 12.3. The number of ether oxygens (including phenoxy) is 1. The first-order chi connectivity index (χ1) is 10.7. The number of aryl methyl sites for hydroxylation is 1. The molecule has 1 amide bonds. The van der Waals surface area contributed by atoms with Crippen LogP contribution in [-0.2, 0) is 4.74 Å². The Morgan fingerprint density at radius 3 is 3.00 bits per heavy atom. The normalized spacial score (nSPS) is 17.4. The second kappa shape index (κ2) is 6.57. The van der Waals surface area contributed by atoms with Crippen LogP contribution in [0.25, 0.3) is 0 Å². The average Bonchev–Trinajstić information content (AvgIpc) is 3.17. The fourth-order valence-electron chi connectivity index (χ4n) is 2.28. The molecule has 1 atom stereocenters. The van der Waals surface area contributed by atoms with E-state index in [1.807, 2.05) is 6.07 Å². The van der Waals surface area contributed by atoms with Gasteiger partial charge in [0, 0.05) is 19.2 Å². The minimum atomic E-state index is -0.320. The Bertz CT molecular complexity index is 632. The van der Waals surface area contributed by atoms with Crippen molar-refractivity contribution in [1.29, 1.82) is 0 Å². The number of carbonyl (C=O) groups is 1. The van der Waals surface area contributed by atoms with Gasteiger partial charge in [-0.3, -0.25) is 4.79 Å². The SMILES string of the molecule is Cc1cc(NC(=O)c2ccc(NCC3CCCO3)cn2)no1. The van der Waals surface area contributed by atoms with Gasteiger partial charge in [-0.15, -0.1) is 0 Å². The molecule has 1 fully saturated rings. The molecule has 2 aromatic rings. The smallest absolute Gasteiger partial charge is 0.275 e. The molecule has 1 aliphatic heterocycles. The largest absolute Gasteiger partial charge is 0.381 e. The van der Waals surface area contributed by atoms with Crippen LogP contribution in [0.15, 0.2) is 28.9 Å². The van der Waals surface area contributed by atoms with E-state index in [-0.39, 0.29) is 12.0 Å². The number of aromatic nitrogens is 2. The van der Waals surface area contributed by atoms with E-state index in [0.29, 0.717) is 17.3 Å². The molecule has 2 aromatic heterocycles. The number of hydrogen-bond acceptors (Lipinski definition) is 6. The molecule has 22 heavy (non-hydrogen) atoms. The van der Waals surface area contributed by atoms with Gasteiger partial charge in [-0.25, -0.2) is 4.98 Å². The highest BCUT2D eigenvalue weighted by molar-refractivity contribution is 6.02. The number of hydrogen-bond donors (Lipinski definition) is 2. The number of carbonyl (C=O) groups excluding carboxylic acids is 1. The topological polar surface area (TPSA) is 89.3 Å². The van der Waals surface area contributed by atoms with Gasteiger partial charge in [0.1, 0.15) is 11.5 Å². The van der Waals surface area contributed by atoms with E-state index in [2.05, 4.69) is 20.8 Å². The van der Waals surface area contributed by atoms with Gasteiger partial charge >= 0.3 is 0 Å². The monoisotopic (exact) mass is 302 g/mol. The summed E-state index contributed by atoms with van der Waals surface area (Å²) >= 11 is 0. The zero-order valence-electron chi connectivity index (χ0n) is 12.3. The quantitative estimate of drug-likeness (QED) is 0.880. The fourth-order valence-corrected chi connectivity index (χ4v) is 2.28. The number of nitrogens with zero attached hydrogens (tertiary/aromatic N) is 2. The highest BCUT2D eigenvalue weighted by Gasteiger charge is 2.15. The molecule has 116 valence electrons. The van der Waals surface area contributed by atoms with Gasteiger partial charge in [-0.05, 0) is 31.9 Å². The summed E-state index contributed by atoms with van der Waals surface area (Å²) in [4.78, 5) is 16.2. The molecule has 1 aliphatic rings. The summed E-state index contributed by atoms with van der Waals surface area (Å²) in [6.45, 7) is 3.35. The Labute approximate surface area is 128 Å². The summed E-state index contributed by atoms with van der Waals surface area (Å²) < 4.78 is 10.4. The molecule has 0 saturated carbocycles. The van der Waals surface area contributed by atoms with Crippen molar-refractivity contribution in [3.8, 4) is 0 Å². The molecule has 3 rings (SSSR count). The standard InChI is InChI=1S/C15H18N4O3/c1-10-7-14(19-22-10)18-15(20)13-5-4-11(8-17-13)16-9-12-3-2-6-21-12/h4-5,7-8,12,16H,2-3,6,9H2,1H3,(H,18,19,20). The van der Waals surface area contributed by atoms with Crippen LogP contribution in [0, 0.1) is 6.92 Å². The maximum atomic E-state index is 12.0. The second-order valence-electron chi connectivity index (χ2n) is 5.22. The number of pyridine rings is 1. The van der Waals surface area contributed by atoms with E-state index in [0.717, 1.165) is 31.7 Å². The van der Waals surface area contributed by atoms with E-state index >= 15 is 0 Å². The number of rotatable bonds is 5. The van der Waals surface area contributed by atoms with Crippen LogP contribution >= 0.6 is 0 Å². The van der Waals surface area contributed by atoms with Gasteiger partial charge in [0.25, 0.3) is 5.91 Å². The molecule has 0 radical (unpaired) electrons. The van der Waals surface area contributed by atoms with Gasteiger partial charge in [0.2, 0.25) is 0 Å². The Morgan fingerprint density at radius 1 is 1.45 bits per heavy atom. The van der Waals surface area contributed by atoms with Crippen molar-refractivity contribution in [3.63, 3.8) is 0 Å². The summed E-state index contributed by atoms with van der Waals surface area (Å²) in [7, 11) is 0. The zero-order chi connectivity index (χ0) is 15.4. The van der Waals surface area contributed by atoms with Crippen molar-refractivity contribution in [2.75, 3.05) is 23.8 Å². The Balaban J connectivity index is 1.54. The predicted molar refractivity (Wildman–Crippen MR) is 80.9 cm³/mol. The van der Waals surface area contributed by atoms with Crippen LogP contribution in [0.5, 0.6) is 0 Å². The first-order valence-electron chi connectivity index (χ1n) is 7.27. The van der Waals surface area contributed by atoms with Crippen LogP contribution in [0.3, 0.4) is 0 Å². The maximum absolute atomic E-state index is 12.0. The van der Waals surface area contributed by atoms with Crippen molar-refractivity contribution in [1.82, 2.24) is 10.1 Å². The van der Waals surface area contributed by atoms with Gasteiger partial charge in [0.15, 0.2) is 5.82 Å². The first-order valence-corrected chi connectivity index (χ1v) is 7.27. The summed E-state index contributed by atoms with van der Waals surface area (Å²) in [5, 5.41) is 9.60. The van der Waals surface area contributed by atoms with Crippen LogP contribution in [0.1, 0.15) is 29.1 Å². The molecular formula is C15H18N4O3. The van der Waals surface area contributed by atoms with Crippen molar-refractivity contribution < 1.29 is 14.1 Å². The molecule has 0 spiro atoms. The van der Waals surface area contributed by atoms with Crippen LogP contribution < -0.4 is 10.6 Å². The number of amides is 1. The minimum absolute atomic E-state index is 0.262. The molecule has 0 aliphatic carbocycles. The Kier molecular flexibility index (Phi) is 4.34. The highest BCUT2D eigenvalue weighted by atomic mass is 16.5. The van der Waals surface area contributed by atoms with Gasteiger partial charge in [0.05, 0.1) is 18.0 Å². The molecule has 2 N–H and O–H groups in total. The lowest BCUT2D eigenvalue weighted by atomic mass is 10.2. The minimum Gasteiger partial charge on any atom is -0.381 e. The lowest BCUT2D eigenvalue weighted by molar-refractivity contribution is 0.102. The third kappa shape index (κ3) is 3.62. The lowest BCUT2D eigenvalue weighted by Gasteiger charge is -2.11. The third-order valence-electron chi connectivity index (χ3n) is 3.42. The van der Waals surface area contributed by atoms with Gasteiger partial charge in [-0.1, -0.05) is 5.16 Å². The average molecular weight is 302 g/mol. The van der Waals surface area contributed by atoms with Gasteiger partial charge in [-0.2, -0.15) is 0 Å². The Hall–Kier alpha value is -2.41. The fraction of sp³-hybridized carbons (Fsp3) is 0.400. The molecular weight excluding hydrogens is 284 g/mol. The van der Waals surface area contributed by atoms with Gasteiger partial charge < -0.3 is 19.9 Å². The molecule has 7 heteroatoms. The third-order valence-corrected chi connectivity index (χ3v) is 3.42. The molecule has 1 unspecified atom stereocenters. The van der Waals surface area contributed by atoms with Crippen molar-refractivity contribution in [2.24, 2.45) is 0 Å². The summed E-state index contributed by atoms with van der Waals surface area (Å²) in [6.07, 6.45) is 4.10. The van der Waals surface area contributed by atoms with E-state index < -0.39 is 0 Å². The maximum Gasteiger partial charge on any atom is 0.275 e. The van der Waals surface area contributed by atoms with E-state index in [1.165, 1.54) is 0 Å². The first kappa shape index (κ1) is 14.5. The molecule has 1 saturated heterocycles. The van der Waals surface area contributed by atoms with Crippen LogP contribution in [0.2, 0.25) is 0 Å². The predicted octanol–water partition coefficient (Wildman–Crippen LogP) is 2.22. The molecule has 0 aromatic carbocycles. The molecule has 0 bridgehead atoms. The van der Waals surface area contributed by atoms with Crippen LogP contribution in [0.4, 0.5) is 11.5 Å². The van der Waals surface area contributed by atoms with Crippen molar-refractivity contribution in [2.45, 2.75) is 25.9 Å². The van der Waals surface area contributed by atoms with Crippen molar-refractivity contribution >= 4 is 17.4 Å². The Morgan fingerprint density at radius 2 is 2.36 bits per heavy atom. The van der Waals surface area contributed by atoms with E-state index in [1.54, 1.807) is 25.3 Å². The molecule has 7 nitrogen and oxygen atoms in total. The summed E-state index contributed by atoms with van der Waals surface area (Å²) in [5.74, 6) is 0.695. The van der Waals surface area contributed by atoms with Crippen LogP contribution in [-0.4, -0.2) is 35.3 Å². The number of anilines is 2. The van der Waals surface area contributed by atoms with Crippen molar-refractivity contribution in [3.05, 3.63) is 35.9 Å².